The Morgan fingerprint density at radius 2 is 2.24 bits per heavy atom. The van der Waals surface area contributed by atoms with Crippen molar-refractivity contribution >= 4 is 5.96 Å². The highest BCUT2D eigenvalue weighted by atomic mass is 16.5. The SMILES string of the molecule is CN=C(NCCN(C)CCCOC)NCc1cnn(C)c1. The molecule has 0 bridgehead atoms. The molecule has 1 aromatic rings. The van der Waals surface area contributed by atoms with Crippen LogP contribution in [0.4, 0.5) is 0 Å². The molecule has 7 heteroatoms. The Balaban J connectivity index is 2.16. The lowest BCUT2D eigenvalue weighted by Gasteiger charge is -2.18. The van der Waals surface area contributed by atoms with Gasteiger partial charge in [0.05, 0.1) is 6.20 Å². The Labute approximate surface area is 127 Å². The van der Waals surface area contributed by atoms with E-state index >= 15 is 0 Å². The molecule has 0 saturated heterocycles. The summed E-state index contributed by atoms with van der Waals surface area (Å²) in [6.45, 7) is 4.40. The van der Waals surface area contributed by atoms with Gasteiger partial charge in [-0.2, -0.15) is 5.10 Å². The van der Waals surface area contributed by atoms with Crippen LogP contribution < -0.4 is 10.6 Å². The summed E-state index contributed by atoms with van der Waals surface area (Å²) in [7, 11) is 7.54. The molecular weight excluding hydrogens is 268 g/mol. The first-order valence-corrected chi connectivity index (χ1v) is 7.25. The predicted molar refractivity (Wildman–Crippen MR) is 85.4 cm³/mol. The number of rotatable bonds is 9. The van der Waals surface area contributed by atoms with E-state index in [0.29, 0.717) is 0 Å². The Bertz CT molecular complexity index is 417. The predicted octanol–water partition coefficient (Wildman–Crippen LogP) is 0.0534. The molecule has 0 aromatic carbocycles. The Morgan fingerprint density at radius 1 is 1.43 bits per heavy atom. The second kappa shape index (κ2) is 10.2. The normalized spacial score (nSPS) is 12.0. The van der Waals surface area contributed by atoms with Gasteiger partial charge in [-0.05, 0) is 13.5 Å². The Hall–Kier alpha value is -1.60. The van der Waals surface area contributed by atoms with Crippen molar-refractivity contribution in [2.24, 2.45) is 12.0 Å². The van der Waals surface area contributed by atoms with Gasteiger partial charge in [-0.25, -0.2) is 0 Å². The number of hydrogen-bond acceptors (Lipinski definition) is 4. The van der Waals surface area contributed by atoms with Crippen LogP contribution in [0.25, 0.3) is 0 Å². The summed E-state index contributed by atoms with van der Waals surface area (Å²) in [6, 6.07) is 0. The second-order valence-corrected chi connectivity index (χ2v) is 5.02. The van der Waals surface area contributed by atoms with Crippen LogP contribution in [-0.2, 0) is 18.3 Å². The quantitative estimate of drug-likeness (QED) is 0.383. The summed E-state index contributed by atoms with van der Waals surface area (Å²) in [5.41, 5.74) is 1.14. The van der Waals surface area contributed by atoms with Gasteiger partial charge in [-0.3, -0.25) is 9.67 Å². The van der Waals surface area contributed by atoms with Gasteiger partial charge in [0.25, 0.3) is 0 Å². The molecule has 0 aliphatic heterocycles. The van der Waals surface area contributed by atoms with Crippen molar-refractivity contribution in [3.63, 3.8) is 0 Å². The zero-order valence-corrected chi connectivity index (χ0v) is 13.6. The van der Waals surface area contributed by atoms with Gasteiger partial charge >= 0.3 is 0 Å². The number of aryl methyl sites for hydroxylation is 1. The van der Waals surface area contributed by atoms with E-state index in [1.54, 1.807) is 18.8 Å². The average Bonchev–Trinajstić information content (AvgIpc) is 2.88. The second-order valence-electron chi connectivity index (χ2n) is 5.02. The van der Waals surface area contributed by atoms with Gasteiger partial charge in [0.2, 0.25) is 0 Å². The fourth-order valence-corrected chi connectivity index (χ4v) is 1.93. The molecule has 0 saturated carbocycles. The lowest BCUT2D eigenvalue weighted by Crippen LogP contribution is -2.40. The number of aliphatic imine (C=N–C) groups is 1. The maximum absolute atomic E-state index is 5.05. The highest BCUT2D eigenvalue weighted by Gasteiger charge is 2.01. The third kappa shape index (κ3) is 7.67. The van der Waals surface area contributed by atoms with Crippen molar-refractivity contribution < 1.29 is 4.74 Å². The average molecular weight is 296 g/mol. The maximum atomic E-state index is 5.05. The zero-order chi connectivity index (χ0) is 15.5. The molecule has 1 aromatic heterocycles. The number of guanidine groups is 1. The summed E-state index contributed by atoms with van der Waals surface area (Å²) < 4.78 is 6.84. The van der Waals surface area contributed by atoms with Crippen LogP contribution in [0.15, 0.2) is 17.4 Å². The van der Waals surface area contributed by atoms with Crippen LogP contribution in [0.2, 0.25) is 0 Å². The minimum absolute atomic E-state index is 0.719. The van der Waals surface area contributed by atoms with Crippen LogP contribution in [0.3, 0.4) is 0 Å². The van der Waals surface area contributed by atoms with Crippen molar-refractivity contribution in [1.82, 2.24) is 25.3 Å². The minimum atomic E-state index is 0.719. The number of nitrogens with zero attached hydrogens (tertiary/aromatic N) is 4. The first-order chi connectivity index (χ1) is 10.2. The third-order valence-electron chi connectivity index (χ3n) is 3.12. The number of methoxy groups -OCH3 is 1. The fraction of sp³-hybridized carbons (Fsp3) is 0.714. The Morgan fingerprint density at radius 3 is 2.86 bits per heavy atom. The lowest BCUT2D eigenvalue weighted by molar-refractivity contribution is 0.180. The standard InChI is InChI=1S/C14H28N6O/c1-15-14(17-10-13-11-18-20(3)12-13)16-6-8-19(2)7-5-9-21-4/h11-12H,5-10H2,1-4H3,(H2,15,16,17). The van der Waals surface area contributed by atoms with Crippen LogP contribution in [0.5, 0.6) is 0 Å². The van der Waals surface area contributed by atoms with E-state index < -0.39 is 0 Å². The zero-order valence-electron chi connectivity index (χ0n) is 13.6. The summed E-state index contributed by atoms with van der Waals surface area (Å²) >= 11 is 0. The summed E-state index contributed by atoms with van der Waals surface area (Å²) in [4.78, 5) is 6.49. The van der Waals surface area contributed by atoms with Crippen LogP contribution in [0.1, 0.15) is 12.0 Å². The van der Waals surface area contributed by atoms with Crippen LogP contribution in [0, 0.1) is 0 Å². The monoisotopic (exact) mass is 296 g/mol. The first kappa shape index (κ1) is 17.5. The van der Waals surface area contributed by atoms with Gasteiger partial charge in [-0.1, -0.05) is 0 Å². The van der Waals surface area contributed by atoms with E-state index in [-0.39, 0.29) is 0 Å². The molecule has 0 fully saturated rings. The van der Waals surface area contributed by atoms with Gasteiger partial charge < -0.3 is 20.3 Å². The molecule has 1 rings (SSSR count). The van der Waals surface area contributed by atoms with E-state index in [4.69, 9.17) is 4.74 Å². The number of hydrogen-bond donors (Lipinski definition) is 2. The van der Waals surface area contributed by atoms with Crippen molar-refractivity contribution in [3.05, 3.63) is 18.0 Å². The van der Waals surface area contributed by atoms with Crippen LogP contribution >= 0.6 is 0 Å². The molecule has 0 radical (unpaired) electrons. The molecule has 0 atom stereocenters. The van der Waals surface area contributed by atoms with E-state index in [1.807, 2.05) is 19.4 Å². The first-order valence-electron chi connectivity index (χ1n) is 7.25. The van der Waals surface area contributed by atoms with Gasteiger partial charge in [0.15, 0.2) is 5.96 Å². The largest absolute Gasteiger partial charge is 0.385 e. The van der Waals surface area contributed by atoms with E-state index in [2.05, 4.69) is 32.7 Å². The molecular formula is C14H28N6O. The summed E-state index contributed by atoms with van der Waals surface area (Å²) in [5, 5.41) is 10.7. The summed E-state index contributed by atoms with van der Waals surface area (Å²) in [6.07, 6.45) is 4.90. The van der Waals surface area contributed by atoms with E-state index in [9.17, 15) is 0 Å². The fourth-order valence-electron chi connectivity index (χ4n) is 1.93. The van der Waals surface area contributed by atoms with Crippen molar-refractivity contribution in [1.29, 1.82) is 0 Å². The molecule has 2 N–H and O–H groups in total. The lowest BCUT2D eigenvalue weighted by atomic mass is 10.3. The van der Waals surface area contributed by atoms with Crippen molar-refractivity contribution in [3.8, 4) is 0 Å². The number of ether oxygens (including phenoxy) is 1. The molecule has 0 aliphatic carbocycles. The topological polar surface area (TPSA) is 66.7 Å². The molecule has 0 unspecified atom stereocenters. The molecule has 0 aliphatic rings. The highest BCUT2D eigenvalue weighted by molar-refractivity contribution is 5.79. The van der Waals surface area contributed by atoms with Crippen molar-refractivity contribution in [2.75, 3.05) is 47.4 Å². The Kier molecular flexibility index (Phi) is 8.45. The number of nitrogens with one attached hydrogen (secondary N) is 2. The molecule has 1 heterocycles. The smallest absolute Gasteiger partial charge is 0.191 e. The van der Waals surface area contributed by atoms with Crippen molar-refractivity contribution in [2.45, 2.75) is 13.0 Å². The molecule has 0 amide bonds. The highest BCUT2D eigenvalue weighted by Crippen LogP contribution is 1.94. The van der Waals surface area contributed by atoms with E-state index in [1.165, 1.54) is 0 Å². The maximum Gasteiger partial charge on any atom is 0.191 e. The molecule has 0 spiro atoms. The minimum Gasteiger partial charge on any atom is -0.385 e. The molecule has 7 nitrogen and oxygen atoms in total. The molecule has 120 valence electrons. The van der Waals surface area contributed by atoms with E-state index in [0.717, 1.165) is 50.7 Å². The molecule has 21 heavy (non-hydrogen) atoms. The van der Waals surface area contributed by atoms with Gasteiger partial charge in [-0.15, -0.1) is 0 Å². The van der Waals surface area contributed by atoms with Crippen LogP contribution in [-0.4, -0.2) is 68.1 Å². The third-order valence-corrected chi connectivity index (χ3v) is 3.12. The number of aromatic nitrogens is 2. The van der Waals surface area contributed by atoms with Gasteiger partial charge in [0.1, 0.15) is 0 Å². The van der Waals surface area contributed by atoms with Gasteiger partial charge in [0, 0.05) is 65.8 Å². The number of likely N-dealkylation sites (N-methyl/N-ethyl adjacent to an activating group) is 1. The summed E-state index contributed by atoms with van der Waals surface area (Å²) in [5.74, 6) is 0.809.